The van der Waals surface area contributed by atoms with Gasteiger partial charge in [-0.3, -0.25) is 4.90 Å². The first-order valence-corrected chi connectivity index (χ1v) is 8.57. The molecule has 0 saturated carbocycles. The topological polar surface area (TPSA) is 58.9 Å². The van der Waals surface area contributed by atoms with Crippen molar-refractivity contribution >= 4 is 0 Å². The van der Waals surface area contributed by atoms with Crippen LogP contribution in [-0.2, 0) is 13.1 Å². The van der Waals surface area contributed by atoms with E-state index in [4.69, 9.17) is 0 Å². The molecular formula is C15H28N6. The van der Waals surface area contributed by atoms with E-state index in [1.54, 1.807) is 0 Å². The lowest BCUT2D eigenvalue weighted by molar-refractivity contribution is 0.152. The lowest BCUT2D eigenvalue weighted by Crippen LogP contribution is -2.40. The molecule has 0 radical (unpaired) electrons. The Morgan fingerprint density at radius 2 is 2.10 bits per heavy atom. The van der Waals surface area contributed by atoms with Crippen molar-refractivity contribution in [3.63, 3.8) is 0 Å². The SMILES string of the molecule is CCCCn1nnnc1CN1CCC(C2CCCN2)CC1. The molecule has 3 heterocycles. The van der Waals surface area contributed by atoms with Crippen LogP contribution in [0.25, 0.3) is 0 Å². The maximum Gasteiger partial charge on any atom is 0.165 e. The highest BCUT2D eigenvalue weighted by Gasteiger charge is 2.28. The van der Waals surface area contributed by atoms with Gasteiger partial charge in [0.25, 0.3) is 0 Å². The normalized spacial score (nSPS) is 24.7. The van der Waals surface area contributed by atoms with E-state index in [0.717, 1.165) is 37.3 Å². The largest absolute Gasteiger partial charge is 0.314 e. The lowest BCUT2D eigenvalue weighted by Gasteiger charge is -2.34. The van der Waals surface area contributed by atoms with Crippen LogP contribution in [0.1, 0.15) is 51.3 Å². The fourth-order valence-corrected chi connectivity index (χ4v) is 3.65. The first-order chi connectivity index (χ1) is 10.4. The van der Waals surface area contributed by atoms with E-state index in [-0.39, 0.29) is 0 Å². The van der Waals surface area contributed by atoms with E-state index in [0.29, 0.717) is 0 Å². The molecule has 2 aliphatic heterocycles. The Kier molecular flexibility index (Phi) is 5.19. The Balaban J connectivity index is 1.47. The number of nitrogens with one attached hydrogen (secondary N) is 1. The molecule has 0 spiro atoms. The predicted molar refractivity (Wildman–Crippen MR) is 81.8 cm³/mol. The summed E-state index contributed by atoms with van der Waals surface area (Å²) in [5, 5.41) is 15.8. The molecule has 6 heteroatoms. The Morgan fingerprint density at radius 1 is 1.24 bits per heavy atom. The molecule has 0 bridgehead atoms. The van der Waals surface area contributed by atoms with Gasteiger partial charge in [0.2, 0.25) is 0 Å². The summed E-state index contributed by atoms with van der Waals surface area (Å²) in [6.07, 6.45) is 7.69. The van der Waals surface area contributed by atoms with Gasteiger partial charge >= 0.3 is 0 Å². The number of rotatable bonds is 6. The van der Waals surface area contributed by atoms with Crippen molar-refractivity contribution in [2.75, 3.05) is 19.6 Å². The van der Waals surface area contributed by atoms with Crippen LogP contribution in [0.4, 0.5) is 0 Å². The molecule has 2 saturated heterocycles. The smallest absolute Gasteiger partial charge is 0.165 e. The monoisotopic (exact) mass is 292 g/mol. The van der Waals surface area contributed by atoms with E-state index in [1.807, 2.05) is 4.68 Å². The molecule has 118 valence electrons. The Bertz CT molecular complexity index is 418. The minimum Gasteiger partial charge on any atom is -0.314 e. The minimum absolute atomic E-state index is 0.780. The van der Waals surface area contributed by atoms with Crippen LogP contribution in [0.5, 0.6) is 0 Å². The number of aromatic nitrogens is 4. The molecule has 1 atom stereocenters. The summed E-state index contributed by atoms with van der Waals surface area (Å²) in [6, 6.07) is 0.780. The summed E-state index contributed by atoms with van der Waals surface area (Å²) in [4.78, 5) is 2.51. The average Bonchev–Trinajstić information content (AvgIpc) is 3.18. The number of likely N-dealkylation sites (tertiary alicyclic amines) is 1. The van der Waals surface area contributed by atoms with E-state index in [2.05, 4.69) is 32.7 Å². The summed E-state index contributed by atoms with van der Waals surface area (Å²) in [7, 11) is 0. The zero-order valence-corrected chi connectivity index (χ0v) is 13.2. The number of tetrazole rings is 1. The highest BCUT2D eigenvalue weighted by molar-refractivity contribution is 4.88. The van der Waals surface area contributed by atoms with Crippen molar-refractivity contribution in [1.82, 2.24) is 30.4 Å². The number of nitrogens with zero attached hydrogens (tertiary/aromatic N) is 5. The molecule has 0 aliphatic carbocycles. The maximum atomic E-state index is 4.21. The highest BCUT2D eigenvalue weighted by atomic mass is 15.5. The maximum absolute atomic E-state index is 4.21. The summed E-state index contributed by atoms with van der Waals surface area (Å²) in [6.45, 7) is 7.64. The number of hydrogen-bond acceptors (Lipinski definition) is 5. The summed E-state index contributed by atoms with van der Waals surface area (Å²) in [5.74, 6) is 1.90. The zero-order valence-electron chi connectivity index (χ0n) is 13.2. The first-order valence-electron chi connectivity index (χ1n) is 8.57. The van der Waals surface area contributed by atoms with Gasteiger partial charge in [-0.25, -0.2) is 4.68 Å². The van der Waals surface area contributed by atoms with Gasteiger partial charge in [0, 0.05) is 12.6 Å². The number of aryl methyl sites for hydroxylation is 1. The third kappa shape index (κ3) is 3.80. The fraction of sp³-hybridized carbons (Fsp3) is 0.933. The van der Waals surface area contributed by atoms with Crippen LogP contribution in [0.2, 0.25) is 0 Å². The van der Waals surface area contributed by atoms with Gasteiger partial charge in [-0.2, -0.15) is 0 Å². The van der Waals surface area contributed by atoms with Crippen molar-refractivity contribution in [1.29, 1.82) is 0 Å². The molecule has 1 N–H and O–H groups in total. The lowest BCUT2D eigenvalue weighted by atomic mass is 9.88. The quantitative estimate of drug-likeness (QED) is 0.859. The Hall–Kier alpha value is -1.01. The first kappa shape index (κ1) is 14.9. The Morgan fingerprint density at radius 3 is 2.81 bits per heavy atom. The molecule has 0 amide bonds. The standard InChI is InChI=1S/C15H28N6/c1-2-3-9-21-15(17-18-19-21)12-20-10-6-13(7-11-20)14-5-4-8-16-14/h13-14,16H,2-12H2,1H3. The van der Waals surface area contributed by atoms with Crippen LogP contribution in [-0.4, -0.2) is 50.8 Å². The van der Waals surface area contributed by atoms with Crippen LogP contribution in [0, 0.1) is 5.92 Å². The second-order valence-electron chi connectivity index (χ2n) is 6.49. The second kappa shape index (κ2) is 7.31. The molecule has 1 unspecified atom stereocenters. The van der Waals surface area contributed by atoms with E-state index >= 15 is 0 Å². The summed E-state index contributed by atoms with van der Waals surface area (Å²) in [5.41, 5.74) is 0. The van der Waals surface area contributed by atoms with Crippen molar-refractivity contribution in [3.05, 3.63) is 5.82 Å². The molecular weight excluding hydrogens is 264 g/mol. The fourth-order valence-electron chi connectivity index (χ4n) is 3.65. The molecule has 1 aromatic rings. The second-order valence-corrected chi connectivity index (χ2v) is 6.49. The van der Waals surface area contributed by atoms with Crippen molar-refractivity contribution in [3.8, 4) is 0 Å². The number of piperidine rings is 1. The van der Waals surface area contributed by atoms with Gasteiger partial charge in [0.15, 0.2) is 5.82 Å². The van der Waals surface area contributed by atoms with Gasteiger partial charge in [0.1, 0.15) is 0 Å². The van der Waals surface area contributed by atoms with Crippen molar-refractivity contribution in [2.45, 2.75) is 64.6 Å². The third-order valence-corrected chi connectivity index (χ3v) is 4.99. The third-order valence-electron chi connectivity index (χ3n) is 4.99. The summed E-state index contributed by atoms with van der Waals surface area (Å²) < 4.78 is 1.98. The average molecular weight is 292 g/mol. The predicted octanol–water partition coefficient (Wildman–Crippen LogP) is 1.44. The van der Waals surface area contributed by atoms with Crippen molar-refractivity contribution in [2.24, 2.45) is 5.92 Å². The molecule has 6 nitrogen and oxygen atoms in total. The van der Waals surface area contributed by atoms with Gasteiger partial charge in [-0.05, 0) is 68.1 Å². The molecule has 2 aliphatic rings. The van der Waals surface area contributed by atoms with Crippen LogP contribution >= 0.6 is 0 Å². The minimum atomic E-state index is 0.780. The molecule has 1 aromatic heterocycles. The highest BCUT2D eigenvalue weighted by Crippen LogP contribution is 2.26. The van der Waals surface area contributed by atoms with Gasteiger partial charge in [-0.1, -0.05) is 13.3 Å². The van der Waals surface area contributed by atoms with Gasteiger partial charge in [-0.15, -0.1) is 5.10 Å². The van der Waals surface area contributed by atoms with Gasteiger partial charge < -0.3 is 5.32 Å². The molecule has 2 fully saturated rings. The number of unbranched alkanes of at least 4 members (excludes halogenated alkanes) is 1. The summed E-state index contributed by atoms with van der Waals surface area (Å²) >= 11 is 0. The van der Waals surface area contributed by atoms with Crippen LogP contribution < -0.4 is 5.32 Å². The number of hydrogen-bond donors (Lipinski definition) is 1. The molecule has 0 aromatic carbocycles. The Labute approximate surface area is 127 Å². The van der Waals surface area contributed by atoms with E-state index in [9.17, 15) is 0 Å². The van der Waals surface area contributed by atoms with E-state index < -0.39 is 0 Å². The van der Waals surface area contributed by atoms with Crippen molar-refractivity contribution < 1.29 is 0 Å². The van der Waals surface area contributed by atoms with Crippen LogP contribution in [0.15, 0.2) is 0 Å². The molecule has 21 heavy (non-hydrogen) atoms. The zero-order chi connectivity index (χ0) is 14.5. The van der Waals surface area contributed by atoms with E-state index in [1.165, 1.54) is 51.7 Å². The van der Waals surface area contributed by atoms with Gasteiger partial charge in [0.05, 0.1) is 6.54 Å². The molecule has 3 rings (SSSR count). The van der Waals surface area contributed by atoms with Crippen LogP contribution in [0.3, 0.4) is 0 Å².